The molecule has 0 saturated heterocycles. The Bertz CT molecular complexity index is 2320. The first-order valence-corrected chi connectivity index (χ1v) is 20.1. The molecule has 0 radical (unpaired) electrons. The zero-order valence-electron chi connectivity index (χ0n) is 31.0. The Morgan fingerprint density at radius 1 is 0.305 bits per heavy atom. The Balaban J connectivity index is 1.37. The second kappa shape index (κ2) is 16.6. The van der Waals surface area contributed by atoms with Crippen LogP contribution >= 0.6 is 7.14 Å². The van der Waals surface area contributed by atoms with E-state index in [4.69, 9.17) is 28.4 Å². The molecule has 0 saturated carbocycles. The molecule has 14 heteroatoms. The lowest BCUT2D eigenvalue weighted by Gasteiger charge is -2.22. The molecule has 0 aliphatic carbocycles. The third-order valence-electron chi connectivity index (χ3n) is 8.74. The summed E-state index contributed by atoms with van der Waals surface area (Å²) in [6.45, 7) is 0. The predicted octanol–water partition coefficient (Wildman–Crippen LogP) is 10.2. The van der Waals surface area contributed by atoms with Gasteiger partial charge >= 0.3 is 0 Å². The number of nitrogens with zero attached hydrogens (tertiary/aromatic N) is 3. The van der Waals surface area contributed by atoms with Crippen molar-refractivity contribution in [3.05, 3.63) is 182 Å². The van der Waals surface area contributed by atoms with Crippen LogP contribution in [0.25, 0.3) is 0 Å². The van der Waals surface area contributed by atoms with Crippen molar-refractivity contribution < 1.29 is 33.0 Å². The third kappa shape index (κ3) is 7.86. The van der Waals surface area contributed by atoms with Crippen molar-refractivity contribution in [2.45, 2.75) is 0 Å². The highest BCUT2D eigenvalue weighted by Gasteiger charge is 2.50. The van der Waals surface area contributed by atoms with Crippen LogP contribution in [-0.2, 0) is 4.57 Å². The summed E-state index contributed by atoms with van der Waals surface area (Å²) in [4.78, 5) is 0. The van der Waals surface area contributed by atoms with Crippen LogP contribution < -0.4 is 44.3 Å². The van der Waals surface area contributed by atoms with E-state index in [1.165, 1.54) is 0 Å². The minimum absolute atomic E-state index is 0.0273. The van der Waals surface area contributed by atoms with Gasteiger partial charge in [0, 0.05) is 0 Å². The molecular formula is C45H33N6O7P. The minimum atomic E-state index is -4.71. The summed E-state index contributed by atoms with van der Waals surface area (Å²) in [6, 6.07) is 53.9. The molecule has 9 aromatic rings. The number of H-pyrrole nitrogens is 3. The summed E-state index contributed by atoms with van der Waals surface area (Å²) in [5.74, 6) is 2.08. The van der Waals surface area contributed by atoms with Gasteiger partial charge in [-0.25, -0.2) is 15.3 Å². The number of aromatic nitrogens is 6. The summed E-state index contributed by atoms with van der Waals surface area (Å²) in [5.41, 5.74) is 0. The van der Waals surface area contributed by atoms with Gasteiger partial charge in [0.15, 0.2) is 0 Å². The highest BCUT2D eigenvalue weighted by Crippen LogP contribution is 2.57. The second-order valence-electron chi connectivity index (χ2n) is 12.7. The normalized spacial score (nSPS) is 11.1. The van der Waals surface area contributed by atoms with Gasteiger partial charge in [-0.1, -0.05) is 109 Å². The molecule has 9 rings (SSSR count). The van der Waals surface area contributed by atoms with E-state index in [0.29, 0.717) is 34.5 Å². The van der Waals surface area contributed by atoms with Crippen LogP contribution in [-0.4, -0.2) is 30.6 Å². The van der Waals surface area contributed by atoms with E-state index < -0.39 is 7.14 Å². The predicted molar refractivity (Wildman–Crippen MR) is 221 cm³/mol. The van der Waals surface area contributed by atoms with E-state index in [9.17, 15) is 0 Å². The van der Waals surface area contributed by atoms with Crippen LogP contribution in [0.1, 0.15) is 0 Å². The van der Waals surface area contributed by atoms with Crippen LogP contribution in [0.4, 0.5) is 0 Å². The second-order valence-corrected chi connectivity index (χ2v) is 15.3. The molecule has 0 bridgehead atoms. The SMILES string of the molecule is O=P(c1c(Oc2ccccc2)n[nH]c1Oc1ccccc1)(c1c(Oc2ccccc2)n[nH]c1Oc1ccccc1)c1c(Oc2ccccc2)n[nH]c1Oc1ccccc1. The van der Waals surface area contributed by atoms with Crippen molar-refractivity contribution in [1.82, 2.24) is 30.6 Å². The van der Waals surface area contributed by atoms with Crippen molar-refractivity contribution in [2.24, 2.45) is 0 Å². The number of hydrogen-bond acceptors (Lipinski definition) is 10. The summed E-state index contributed by atoms with van der Waals surface area (Å²) in [5, 5.41) is 22.5. The molecule has 6 aromatic carbocycles. The molecule has 0 unspecified atom stereocenters. The minimum Gasteiger partial charge on any atom is -0.439 e. The molecule has 0 amide bonds. The van der Waals surface area contributed by atoms with Gasteiger partial charge < -0.3 is 33.0 Å². The van der Waals surface area contributed by atoms with Gasteiger partial charge in [-0.15, -0.1) is 15.3 Å². The van der Waals surface area contributed by atoms with E-state index in [-0.39, 0.29) is 51.2 Å². The van der Waals surface area contributed by atoms with Crippen LogP contribution in [0.15, 0.2) is 182 Å². The Labute approximate surface area is 337 Å². The van der Waals surface area contributed by atoms with Gasteiger partial charge in [-0.3, -0.25) is 0 Å². The summed E-state index contributed by atoms with van der Waals surface area (Å²) in [7, 11) is -4.71. The molecule has 3 aromatic heterocycles. The van der Waals surface area contributed by atoms with Gasteiger partial charge in [-0.05, 0) is 72.8 Å². The van der Waals surface area contributed by atoms with Crippen molar-refractivity contribution in [2.75, 3.05) is 0 Å². The zero-order chi connectivity index (χ0) is 39.9. The van der Waals surface area contributed by atoms with Crippen molar-refractivity contribution in [1.29, 1.82) is 0 Å². The van der Waals surface area contributed by atoms with Gasteiger partial charge in [0.1, 0.15) is 50.4 Å². The fraction of sp³-hybridized carbons (Fsp3) is 0. The van der Waals surface area contributed by atoms with E-state index in [1.807, 2.05) is 109 Å². The number of para-hydroxylation sites is 6. The number of aromatic amines is 3. The maximum atomic E-state index is 17.6. The van der Waals surface area contributed by atoms with E-state index in [1.54, 1.807) is 72.8 Å². The maximum absolute atomic E-state index is 17.6. The average molecular weight is 801 g/mol. The van der Waals surface area contributed by atoms with Crippen LogP contribution in [0.2, 0.25) is 0 Å². The number of rotatable bonds is 15. The first kappa shape index (κ1) is 36.6. The summed E-state index contributed by atoms with van der Waals surface area (Å²) < 4.78 is 56.6. The van der Waals surface area contributed by atoms with Gasteiger partial charge in [-0.2, -0.15) is 0 Å². The molecule has 0 spiro atoms. The molecule has 0 aliphatic heterocycles. The van der Waals surface area contributed by atoms with Crippen molar-refractivity contribution >= 4 is 23.1 Å². The average Bonchev–Trinajstić information content (AvgIpc) is 4.00. The van der Waals surface area contributed by atoms with Crippen molar-refractivity contribution in [3.8, 4) is 69.8 Å². The highest BCUT2D eigenvalue weighted by molar-refractivity contribution is 7.86. The molecule has 13 nitrogen and oxygen atoms in total. The number of ether oxygens (including phenoxy) is 6. The third-order valence-corrected chi connectivity index (χ3v) is 11.8. The fourth-order valence-electron chi connectivity index (χ4n) is 6.13. The molecule has 0 aliphatic rings. The monoisotopic (exact) mass is 800 g/mol. The van der Waals surface area contributed by atoms with Crippen LogP contribution in [0.5, 0.6) is 69.8 Å². The maximum Gasteiger partial charge on any atom is 0.253 e. The largest absolute Gasteiger partial charge is 0.439 e. The zero-order valence-corrected chi connectivity index (χ0v) is 31.9. The van der Waals surface area contributed by atoms with E-state index in [0.717, 1.165) is 0 Å². The standard InChI is InChI=1S/C45H33N6O7P/c52-59(37-40(53-31-19-7-1-8-20-31)46-47-41(37)54-32-21-9-2-10-22-32,38-42(55-33-23-11-3-12-24-33)48-49-43(38)56-34-25-13-4-14-26-34)39-44(57-35-27-15-5-16-28-35)50-51-45(39)58-36-29-17-6-18-30-36/h1-30H,(H,46,47)(H,48,49)(H,50,51). The summed E-state index contributed by atoms with van der Waals surface area (Å²) in [6.07, 6.45) is 0. The molecule has 3 heterocycles. The highest BCUT2D eigenvalue weighted by atomic mass is 31.2. The molecular weight excluding hydrogens is 768 g/mol. The number of hydrogen-bond donors (Lipinski definition) is 3. The molecule has 290 valence electrons. The van der Waals surface area contributed by atoms with Gasteiger partial charge in [0.05, 0.1) is 0 Å². The first-order valence-electron chi connectivity index (χ1n) is 18.4. The smallest absolute Gasteiger partial charge is 0.253 e. The first-order chi connectivity index (χ1) is 29.1. The lowest BCUT2D eigenvalue weighted by atomic mass is 10.3. The van der Waals surface area contributed by atoms with Crippen molar-refractivity contribution in [3.63, 3.8) is 0 Å². The number of benzene rings is 6. The molecule has 59 heavy (non-hydrogen) atoms. The Morgan fingerprint density at radius 3 is 0.729 bits per heavy atom. The number of nitrogens with one attached hydrogen (secondary N) is 3. The van der Waals surface area contributed by atoms with E-state index >= 15 is 4.57 Å². The van der Waals surface area contributed by atoms with Gasteiger partial charge in [0.2, 0.25) is 24.8 Å². The fourth-order valence-corrected chi connectivity index (χ4v) is 9.04. The molecule has 3 N–H and O–H groups in total. The molecule has 0 atom stereocenters. The van der Waals surface area contributed by atoms with Crippen LogP contribution in [0.3, 0.4) is 0 Å². The quantitative estimate of drug-likeness (QED) is 0.0852. The molecule has 0 fully saturated rings. The van der Waals surface area contributed by atoms with Gasteiger partial charge in [0.25, 0.3) is 17.6 Å². The summed E-state index contributed by atoms with van der Waals surface area (Å²) >= 11 is 0. The van der Waals surface area contributed by atoms with Crippen LogP contribution in [0, 0.1) is 0 Å². The topological polar surface area (TPSA) is 158 Å². The lowest BCUT2D eigenvalue weighted by molar-refractivity contribution is 0.461. The Kier molecular flexibility index (Phi) is 10.3. The van der Waals surface area contributed by atoms with E-state index in [2.05, 4.69) is 30.6 Å². The Hall–Kier alpha value is -8.02. The lowest BCUT2D eigenvalue weighted by Crippen LogP contribution is -2.28. The Morgan fingerprint density at radius 2 is 0.508 bits per heavy atom.